The number of rotatable bonds is 4. The van der Waals surface area contributed by atoms with Crippen LogP contribution in [0.25, 0.3) is 10.9 Å². The highest BCUT2D eigenvalue weighted by molar-refractivity contribution is 6.05. The van der Waals surface area contributed by atoms with E-state index in [2.05, 4.69) is 20.2 Å². The molecule has 0 radical (unpaired) electrons. The Hall–Kier alpha value is -3.49. The van der Waals surface area contributed by atoms with Gasteiger partial charge in [0.2, 0.25) is 0 Å². The number of nitrogens with zero attached hydrogens (tertiary/aromatic N) is 3. The zero-order valence-electron chi connectivity index (χ0n) is 13.5. The Balaban J connectivity index is 1.94. The highest BCUT2D eigenvalue weighted by atomic mass is 16.5. The van der Waals surface area contributed by atoms with E-state index in [-0.39, 0.29) is 23.3 Å². The molecule has 128 valence electrons. The minimum atomic E-state index is -0.571. The number of nitrogens with one attached hydrogen (secondary N) is 1. The number of esters is 1. The number of amides is 1. The van der Waals surface area contributed by atoms with Crippen LogP contribution in [-0.2, 0) is 16.1 Å². The molecular weight excluding hydrogens is 328 g/mol. The van der Waals surface area contributed by atoms with Crippen LogP contribution in [-0.4, -0.2) is 33.7 Å². The number of benzene rings is 1. The zero-order valence-corrected chi connectivity index (χ0v) is 13.5. The number of hydrogen-bond acceptors (Lipinski definition) is 7. The van der Waals surface area contributed by atoms with Crippen LogP contribution in [0.2, 0.25) is 0 Å². The summed E-state index contributed by atoms with van der Waals surface area (Å²) in [5.74, 6) is -0.183. The monoisotopic (exact) mass is 342 g/mol. The van der Waals surface area contributed by atoms with Crippen molar-refractivity contribution in [3.8, 4) is 0 Å². The topological polar surface area (TPSA) is 116 Å². The second-order valence-electron chi connectivity index (χ2n) is 5.26. The average molecular weight is 342 g/mol. The number of aryl methyl sites for hydroxylation is 1. The van der Waals surface area contributed by atoms with E-state index in [0.29, 0.717) is 11.3 Å². The Labute approximate surface area is 141 Å². The van der Waals surface area contributed by atoms with Gasteiger partial charge < -0.3 is 14.6 Å². The number of fused-ring (bicyclic) bond motifs is 1. The van der Waals surface area contributed by atoms with Crippen LogP contribution in [0.1, 0.15) is 16.1 Å². The van der Waals surface area contributed by atoms with E-state index in [1.54, 1.807) is 25.1 Å². The molecule has 0 unspecified atom stereocenters. The lowest BCUT2D eigenvalue weighted by molar-refractivity contribution is -0.141. The SMILES string of the molecule is COC(=O)Cn1cnc2ccc(C(=O)Nc3cc(C)on3)cc2c1=O. The molecule has 0 saturated heterocycles. The van der Waals surface area contributed by atoms with Crippen molar-refractivity contribution in [3.05, 3.63) is 52.3 Å². The number of carbonyl (C=O) groups is 2. The lowest BCUT2D eigenvalue weighted by atomic mass is 10.1. The Morgan fingerprint density at radius 3 is 2.80 bits per heavy atom. The molecule has 3 rings (SSSR count). The van der Waals surface area contributed by atoms with Gasteiger partial charge in [0.1, 0.15) is 12.3 Å². The Morgan fingerprint density at radius 2 is 2.12 bits per heavy atom. The number of methoxy groups -OCH3 is 1. The number of anilines is 1. The number of aromatic nitrogens is 3. The highest BCUT2D eigenvalue weighted by Gasteiger charge is 2.13. The molecule has 2 aromatic heterocycles. The molecule has 0 aliphatic heterocycles. The van der Waals surface area contributed by atoms with E-state index in [9.17, 15) is 14.4 Å². The molecule has 0 fully saturated rings. The standard InChI is InChI=1S/C16H14N4O5/c1-9-5-13(19-25-9)18-15(22)10-3-4-12-11(6-10)16(23)20(8-17-12)7-14(21)24-2/h3-6,8H,7H2,1-2H3,(H,18,19,22). The molecule has 0 bridgehead atoms. The second kappa shape index (κ2) is 6.56. The fourth-order valence-corrected chi connectivity index (χ4v) is 2.23. The summed E-state index contributed by atoms with van der Waals surface area (Å²) in [6, 6.07) is 6.09. The quantitative estimate of drug-likeness (QED) is 0.706. The summed E-state index contributed by atoms with van der Waals surface area (Å²) in [4.78, 5) is 40.2. The van der Waals surface area contributed by atoms with E-state index in [4.69, 9.17) is 4.52 Å². The van der Waals surface area contributed by atoms with Crippen molar-refractivity contribution >= 4 is 28.6 Å². The largest absolute Gasteiger partial charge is 0.468 e. The van der Waals surface area contributed by atoms with Crippen LogP contribution in [0, 0.1) is 6.92 Å². The summed E-state index contributed by atoms with van der Waals surface area (Å²) < 4.78 is 10.5. The van der Waals surface area contributed by atoms with Gasteiger partial charge in [-0.15, -0.1) is 0 Å². The Bertz CT molecular complexity index is 1020. The molecule has 0 saturated carbocycles. The first-order valence-corrected chi connectivity index (χ1v) is 7.28. The summed E-state index contributed by atoms with van der Waals surface area (Å²) >= 11 is 0. The molecule has 1 amide bonds. The maximum Gasteiger partial charge on any atom is 0.325 e. The van der Waals surface area contributed by atoms with Crippen molar-refractivity contribution in [3.63, 3.8) is 0 Å². The summed E-state index contributed by atoms with van der Waals surface area (Å²) in [6.45, 7) is 1.45. The molecule has 25 heavy (non-hydrogen) atoms. The normalized spacial score (nSPS) is 10.6. The van der Waals surface area contributed by atoms with Crippen LogP contribution in [0.5, 0.6) is 0 Å². The van der Waals surface area contributed by atoms with Crippen molar-refractivity contribution in [1.82, 2.24) is 14.7 Å². The molecule has 0 spiro atoms. The van der Waals surface area contributed by atoms with Gasteiger partial charge in [-0.25, -0.2) is 4.98 Å². The minimum absolute atomic E-state index is 0.218. The third-order valence-corrected chi connectivity index (χ3v) is 3.48. The third kappa shape index (κ3) is 3.39. The fourth-order valence-electron chi connectivity index (χ4n) is 2.23. The van der Waals surface area contributed by atoms with Gasteiger partial charge in [0.25, 0.3) is 11.5 Å². The molecule has 3 aromatic rings. The smallest absolute Gasteiger partial charge is 0.325 e. The van der Waals surface area contributed by atoms with Gasteiger partial charge in [0.05, 0.1) is 24.3 Å². The van der Waals surface area contributed by atoms with Gasteiger partial charge in [-0.05, 0) is 25.1 Å². The molecule has 2 heterocycles. The lowest BCUT2D eigenvalue weighted by Gasteiger charge is -2.06. The molecule has 0 aliphatic rings. The summed E-state index contributed by atoms with van der Waals surface area (Å²) in [5.41, 5.74) is 0.227. The van der Waals surface area contributed by atoms with Crippen LogP contribution < -0.4 is 10.9 Å². The minimum Gasteiger partial charge on any atom is -0.468 e. The molecule has 9 nitrogen and oxygen atoms in total. The van der Waals surface area contributed by atoms with Crippen molar-refractivity contribution in [2.75, 3.05) is 12.4 Å². The first kappa shape index (κ1) is 16.4. The number of hydrogen-bond donors (Lipinski definition) is 1. The average Bonchev–Trinajstić information content (AvgIpc) is 3.01. The van der Waals surface area contributed by atoms with Gasteiger partial charge in [0, 0.05) is 11.6 Å². The third-order valence-electron chi connectivity index (χ3n) is 3.48. The molecule has 1 N–H and O–H groups in total. The summed E-state index contributed by atoms with van der Waals surface area (Å²) in [5, 5.41) is 6.47. The van der Waals surface area contributed by atoms with Gasteiger partial charge in [-0.3, -0.25) is 19.0 Å². The highest BCUT2D eigenvalue weighted by Crippen LogP contribution is 2.13. The van der Waals surface area contributed by atoms with Gasteiger partial charge in [0.15, 0.2) is 5.82 Å². The molecule has 9 heteroatoms. The maximum atomic E-state index is 12.5. The van der Waals surface area contributed by atoms with E-state index >= 15 is 0 Å². The molecular formula is C16H14N4O5. The van der Waals surface area contributed by atoms with E-state index in [1.807, 2.05) is 0 Å². The molecule has 0 atom stereocenters. The van der Waals surface area contributed by atoms with Gasteiger partial charge in [-0.2, -0.15) is 0 Å². The summed E-state index contributed by atoms with van der Waals surface area (Å²) in [6.07, 6.45) is 1.26. The van der Waals surface area contributed by atoms with Gasteiger partial charge >= 0.3 is 5.97 Å². The van der Waals surface area contributed by atoms with Crippen LogP contribution in [0.4, 0.5) is 5.82 Å². The predicted molar refractivity (Wildman–Crippen MR) is 87.2 cm³/mol. The first-order chi connectivity index (χ1) is 12.0. The Kier molecular flexibility index (Phi) is 4.29. The predicted octanol–water partition coefficient (Wildman–Crippen LogP) is 1.12. The zero-order chi connectivity index (χ0) is 18.0. The summed E-state index contributed by atoms with van der Waals surface area (Å²) in [7, 11) is 1.23. The van der Waals surface area contributed by atoms with E-state index in [1.165, 1.54) is 19.5 Å². The molecule has 1 aromatic carbocycles. The fraction of sp³-hybridized carbons (Fsp3) is 0.188. The number of ether oxygens (including phenoxy) is 1. The van der Waals surface area contributed by atoms with Crippen LogP contribution in [0.15, 0.2) is 39.9 Å². The maximum absolute atomic E-state index is 12.5. The van der Waals surface area contributed by atoms with E-state index in [0.717, 1.165) is 4.57 Å². The Morgan fingerprint density at radius 1 is 1.32 bits per heavy atom. The van der Waals surface area contributed by atoms with Crippen LogP contribution >= 0.6 is 0 Å². The van der Waals surface area contributed by atoms with Crippen molar-refractivity contribution < 1.29 is 18.8 Å². The number of carbonyl (C=O) groups excluding carboxylic acids is 2. The van der Waals surface area contributed by atoms with E-state index < -0.39 is 17.4 Å². The van der Waals surface area contributed by atoms with Crippen molar-refractivity contribution in [2.24, 2.45) is 0 Å². The lowest BCUT2D eigenvalue weighted by Crippen LogP contribution is -2.25. The second-order valence-corrected chi connectivity index (χ2v) is 5.26. The van der Waals surface area contributed by atoms with Crippen LogP contribution in [0.3, 0.4) is 0 Å². The first-order valence-electron chi connectivity index (χ1n) is 7.28. The van der Waals surface area contributed by atoms with Gasteiger partial charge in [-0.1, -0.05) is 5.16 Å². The molecule has 0 aliphatic carbocycles. The van der Waals surface area contributed by atoms with Crippen molar-refractivity contribution in [2.45, 2.75) is 13.5 Å². The van der Waals surface area contributed by atoms with Crippen molar-refractivity contribution in [1.29, 1.82) is 0 Å².